The molecule has 8 rings (SSSR count). The SMILES string of the molecule is CC(C)(C)OC(=O)N1C2CCC1CN(c1nc(OCC34CCCN3C[C@H](F)C4)nc3c(F)c(-c4cc(O)cc5cccc(Cl)c45)c(Cl)cc13)C2. The average Bonchev–Trinajstić information content (AvgIpc) is 3.65. The summed E-state index contributed by atoms with van der Waals surface area (Å²) in [5, 5.41) is 12.6. The van der Waals surface area contributed by atoms with E-state index in [0.29, 0.717) is 58.6 Å². The molecule has 4 fully saturated rings. The molecule has 4 aromatic rings. The van der Waals surface area contributed by atoms with Crippen molar-refractivity contribution in [2.75, 3.05) is 37.7 Å². The number of hydrogen-bond donors (Lipinski definition) is 1. The monoisotopic (exact) mass is 725 g/mol. The highest BCUT2D eigenvalue weighted by molar-refractivity contribution is 6.38. The molecule has 13 heteroatoms. The number of fused-ring (bicyclic) bond motifs is 5. The minimum absolute atomic E-state index is 0.00886. The largest absolute Gasteiger partial charge is 0.508 e. The van der Waals surface area contributed by atoms with Gasteiger partial charge >= 0.3 is 12.1 Å². The molecule has 50 heavy (non-hydrogen) atoms. The second kappa shape index (κ2) is 12.2. The Morgan fingerprint density at radius 2 is 1.84 bits per heavy atom. The van der Waals surface area contributed by atoms with E-state index >= 15 is 4.39 Å². The van der Waals surface area contributed by atoms with Crippen LogP contribution in [-0.4, -0.2) is 93.1 Å². The minimum atomic E-state index is -0.935. The van der Waals surface area contributed by atoms with Crippen LogP contribution in [0.1, 0.15) is 52.9 Å². The van der Waals surface area contributed by atoms with Gasteiger partial charge in [0.05, 0.1) is 22.6 Å². The van der Waals surface area contributed by atoms with Crippen molar-refractivity contribution in [1.29, 1.82) is 0 Å². The zero-order chi connectivity index (χ0) is 35.1. The first-order valence-electron chi connectivity index (χ1n) is 17.2. The molecule has 4 aliphatic rings. The van der Waals surface area contributed by atoms with Gasteiger partial charge < -0.3 is 19.5 Å². The van der Waals surface area contributed by atoms with Crippen molar-refractivity contribution in [1.82, 2.24) is 19.8 Å². The third-order valence-corrected chi connectivity index (χ3v) is 11.3. The first-order chi connectivity index (χ1) is 23.8. The Kier molecular flexibility index (Phi) is 8.19. The molecule has 4 aliphatic heterocycles. The maximum atomic E-state index is 17.1. The van der Waals surface area contributed by atoms with E-state index < -0.39 is 23.1 Å². The Labute approximate surface area is 299 Å². The van der Waals surface area contributed by atoms with Crippen molar-refractivity contribution in [2.24, 2.45) is 0 Å². The molecule has 2 bridgehead atoms. The molecular formula is C37H39Cl2F2N5O4. The number of aromatic nitrogens is 2. The number of alkyl halides is 1. The Balaban J connectivity index is 1.24. The lowest BCUT2D eigenvalue weighted by Crippen LogP contribution is -2.57. The smallest absolute Gasteiger partial charge is 0.410 e. The molecule has 3 aromatic carbocycles. The van der Waals surface area contributed by atoms with E-state index in [9.17, 15) is 14.3 Å². The molecule has 0 aliphatic carbocycles. The number of nitrogens with zero attached hydrogens (tertiary/aromatic N) is 5. The first kappa shape index (κ1) is 33.5. The summed E-state index contributed by atoms with van der Waals surface area (Å²) >= 11 is 13.6. The lowest BCUT2D eigenvalue weighted by molar-refractivity contribution is 0.0122. The normalized spacial score (nSPS) is 25.1. The molecule has 3 unspecified atom stereocenters. The zero-order valence-electron chi connectivity index (χ0n) is 28.2. The maximum absolute atomic E-state index is 17.1. The fraction of sp³-hybridized carbons (Fsp3) is 0.486. The van der Waals surface area contributed by atoms with Crippen LogP contribution in [0, 0.1) is 5.82 Å². The number of aromatic hydroxyl groups is 1. The number of piperazine rings is 1. The molecule has 1 N–H and O–H groups in total. The highest BCUT2D eigenvalue weighted by atomic mass is 35.5. The van der Waals surface area contributed by atoms with E-state index in [1.807, 2.05) is 30.6 Å². The summed E-state index contributed by atoms with van der Waals surface area (Å²) in [6.07, 6.45) is 2.41. The van der Waals surface area contributed by atoms with Crippen LogP contribution >= 0.6 is 23.2 Å². The van der Waals surface area contributed by atoms with Crippen LogP contribution in [-0.2, 0) is 4.74 Å². The Hall–Kier alpha value is -3.67. The number of amides is 1. The van der Waals surface area contributed by atoms with E-state index in [0.717, 1.165) is 32.2 Å². The van der Waals surface area contributed by atoms with Gasteiger partial charge in [0.1, 0.15) is 35.5 Å². The van der Waals surface area contributed by atoms with Crippen molar-refractivity contribution in [3.05, 3.63) is 52.3 Å². The minimum Gasteiger partial charge on any atom is -0.508 e. The van der Waals surface area contributed by atoms with Gasteiger partial charge in [0.25, 0.3) is 0 Å². The number of rotatable bonds is 5. The highest BCUT2D eigenvalue weighted by Gasteiger charge is 2.50. The van der Waals surface area contributed by atoms with Gasteiger partial charge in [0.15, 0.2) is 5.82 Å². The van der Waals surface area contributed by atoms with Crippen LogP contribution < -0.4 is 9.64 Å². The van der Waals surface area contributed by atoms with E-state index in [4.69, 9.17) is 37.7 Å². The summed E-state index contributed by atoms with van der Waals surface area (Å²) in [6.45, 7) is 7.77. The van der Waals surface area contributed by atoms with Crippen LogP contribution in [0.2, 0.25) is 10.0 Å². The summed E-state index contributed by atoms with van der Waals surface area (Å²) in [6, 6.07) is 9.59. The molecule has 4 atom stereocenters. The van der Waals surface area contributed by atoms with E-state index in [1.165, 1.54) is 6.07 Å². The Bertz CT molecular complexity index is 2010. The van der Waals surface area contributed by atoms with Gasteiger partial charge in [0.2, 0.25) is 0 Å². The van der Waals surface area contributed by atoms with Crippen LogP contribution in [0.5, 0.6) is 11.8 Å². The second-order valence-electron chi connectivity index (χ2n) is 15.1. The third-order valence-electron chi connectivity index (χ3n) is 10.6. The Morgan fingerprint density at radius 3 is 2.58 bits per heavy atom. The fourth-order valence-corrected chi connectivity index (χ4v) is 9.19. The molecule has 4 saturated heterocycles. The van der Waals surface area contributed by atoms with E-state index in [2.05, 4.69) is 9.88 Å². The fourth-order valence-electron chi connectivity index (χ4n) is 8.61. The van der Waals surface area contributed by atoms with Gasteiger partial charge in [-0.15, -0.1) is 0 Å². The van der Waals surface area contributed by atoms with Crippen molar-refractivity contribution in [2.45, 2.75) is 82.3 Å². The average molecular weight is 727 g/mol. The van der Waals surface area contributed by atoms with Gasteiger partial charge in [-0.2, -0.15) is 9.97 Å². The molecule has 1 amide bonds. The van der Waals surface area contributed by atoms with Gasteiger partial charge in [-0.1, -0.05) is 35.3 Å². The van der Waals surface area contributed by atoms with Crippen LogP contribution in [0.25, 0.3) is 32.8 Å². The number of hydrogen-bond acceptors (Lipinski definition) is 8. The zero-order valence-corrected chi connectivity index (χ0v) is 29.7. The third kappa shape index (κ3) is 5.75. The molecule has 264 valence electrons. The van der Waals surface area contributed by atoms with Gasteiger partial charge in [-0.05, 0) is 88.2 Å². The highest BCUT2D eigenvalue weighted by Crippen LogP contribution is 2.46. The quantitative estimate of drug-likeness (QED) is 0.221. The predicted octanol–water partition coefficient (Wildman–Crippen LogP) is 8.14. The lowest BCUT2D eigenvalue weighted by atomic mass is 9.95. The van der Waals surface area contributed by atoms with Crippen molar-refractivity contribution < 1.29 is 28.2 Å². The Morgan fingerprint density at radius 1 is 1.08 bits per heavy atom. The lowest BCUT2D eigenvalue weighted by Gasteiger charge is -2.42. The summed E-state index contributed by atoms with van der Waals surface area (Å²) < 4.78 is 43.8. The van der Waals surface area contributed by atoms with E-state index in [-0.39, 0.29) is 52.6 Å². The van der Waals surface area contributed by atoms with Crippen molar-refractivity contribution >= 4 is 56.8 Å². The molecule has 1 aromatic heterocycles. The number of anilines is 1. The van der Waals surface area contributed by atoms with E-state index in [1.54, 1.807) is 30.3 Å². The van der Waals surface area contributed by atoms with Gasteiger partial charge in [-0.3, -0.25) is 9.80 Å². The maximum Gasteiger partial charge on any atom is 0.410 e. The predicted molar refractivity (Wildman–Crippen MR) is 190 cm³/mol. The van der Waals surface area contributed by atoms with Gasteiger partial charge in [0, 0.05) is 47.4 Å². The summed E-state index contributed by atoms with van der Waals surface area (Å²) in [7, 11) is 0. The topological polar surface area (TPSA) is 91.3 Å². The number of carbonyl (C=O) groups excluding carboxylic acids is 1. The first-order valence-corrected chi connectivity index (χ1v) is 18.0. The van der Waals surface area contributed by atoms with Crippen LogP contribution in [0.3, 0.4) is 0 Å². The number of halogens is 4. The number of benzene rings is 3. The number of phenols is 1. The van der Waals surface area contributed by atoms with Crippen LogP contribution in [0.4, 0.5) is 19.4 Å². The number of ether oxygens (including phenoxy) is 2. The molecular weight excluding hydrogens is 687 g/mol. The second-order valence-corrected chi connectivity index (χ2v) is 16.0. The molecule has 9 nitrogen and oxygen atoms in total. The van der Waals surface area contributed by atoms with Crippen LogP contribution in [0.15, 0.2) is 36.4 Å². The number of carbonyl (C=O) groups is 1. The summed E-state index contributed by atoms with van der Waals surface area (Å²) in [5.74, 6) is -0.347. The van der Waals surface area contributed by atoms with Gasteiger partial charge in [-0.25, -0.2) is 13.6 Å². The number of phenolic OH excluding ortho intramolecular Hbond substituents is 1. The van der Waals surface area contributed by atoms with Crippen molar-refractivity contribution in [3.8, 4) is 22.9 Å². The standard InChI is InChI=1S/C37H39Cl2F2N5O4/c1-36(2,3)50-35(48)46-22-8-9-23(46)18-44(17-22)33-26-14-28(39)30(25-13-24(47)12-20-6-4-7-27(38)29(20)25)31(41)32(26)42-34(43-33)49-19-37-10-5-11-45(37)16-21(40)15-37/h4,6-7,12-14,21-23,47H,5,8-11,15-19H2,1-3H3/t21-,22?,23?,37?/m1/s1. The molecule has 5 heterocycles. The summed E-state index contributed by atoms with van der Waals surface area (Å²) in [4.78, 5) is 28.7. The molecule has 0 saturated carbocycles. The summed E-state index contributed by atoms with van der Waals surface area (Å²) in [5.41, 5.74) is -0.741. The van der Waals surface area contributed by atoms with Crippen molar-refractivity contribution in [3.63, 3.8) is 0 Å². The molecule has 0 spiro atoms. The molecule has 0 radical (unpaired) electrons.